The van der Waals surface area contributed by atoms with E-state index >= 15 is 0 Å². The molecule has 1 aliphatic heterocycles. The second kappa shape index (κ2) is 11.1. The van der Waals surface area contributed by atoms with Gasteiger partial charge >= 0.3 is 0 Å². The topological polar surface area (TPSA) is 70.4 Å². The molecule has 0 amide bonds. The summed E-state index contributed by atoms with van der Waals surface area (Å²) in [5.74, 6) is 2.61. The molecule has 0 saturated carbocycles. The van der Waals surface area contributed by atoms with E-state index in [1.165, 1.54) is 29.1 Å². The second-order valence-corrected chi connectivity index (χ2v) is 8.43. The molecule has 28 heavy (non-hydrogen) atoms. The molecule has 156 valence electrons. The van der Waals surface area contributed by atoms with Gasteiger partial charge in [0.25, 0.3) is 0 Å². The van der Waals surface area contributed by atoms with Gasteiger partial charge in [-0.25, -0.2) is 4.99 Å². The summed E-state index contributed by atoms with van der Waals surface area (Å²) in [6.45, 7) is 10.9. The third-order valence-corrected chi connectivity index (χ3v) is 6.20. The van der Waals surface area contributed by atoms with Crippen molar-refractivity contribution in [2.45, 2.75) is 52.7 Å². The van der Waals surface area contributed by atoms with Crippen LogP contribution >= 0.6 is 35.3 Å². The highest BCUT2D eigenvalue weighted by Crippen LogP contribution is 2.16. The van der Waals surface area contributed by atoms with Crippen molar-refractivity contribution in [3.8, 4) is 0 Å². The van der Waals surface area contributed by atoms with Gasteiger partial charge in [0.2, 0.25) is 0 Å². The Labute approximate surface area is 189 Å². The Hall–Kier alpha value is -1.20. The minimum absolute atomic E-state index is 0. The Bertz CT molecular complexity index is 770. The van der Waals surface area contributed by atoms with E-state index < -0.39 is 0 Å². The van der Waals surface area contributed by atoms with Crippen molar-refractivity contribution < 1.29 is 0 Å². The van der Waals surface area contributed by atoms with Crippen LogP contribution in [0, 0.1) is 13.8 Å². The van der Waals surface area contributed by atoms with Crippen LogP contribution < -0.4 is 10.6 Å². The number of likely N-dealkylation sites (tertiary alicyclic amines) is 1. The average Bonchev–Trinajstić information content (AvgIpc) is 3.37. The van der Waals surface area contributed by atoms with Gasteiger partial charge in [-0.1, -0.05) is 6.92 Å². The Morgan fingerprint density at radius 1 is 1.29 bits per heavy atom. The van der Waals surface area contributed by atoms with Gasteiger partial charge in [0.15, 0.2) is 11.8 Å². The summed E-state index contributed by atoms with van der Waals surface area (Å²) in [6.07, 6.45) is 2.54. The van der Waals surface area contributed by atoms with Crippen LogP contribution in [0.3, 0.4) is 0 Å². The molecule has 9 heteroatoms. The molecule has 1 atom stereocenters. The number of aromatic nitrogens is 3. The lowest BCUT2D eigenvalue weighted by Gasteiger charge is -2.24. The van der Waals surface area contributed by atoms with Gasteiger partial charge in [0.05, 0.1) is 6.54 Å². The fourth-order valence-electron chi connectivity index (χ4n) is 3.42. The molecule has 7 nitrogen and oxygen atoms in total. The molecule has 1 unspecified atom stereocenters. The zero-order valence-electron chi connectivity index (χ0n) is 17.2. The number of halogens is 1. The van der Waals surface area contributed by atoms with E-state index in [1.54, 1.807) is 0 Å². The van der Waals surface area contributed by atoms with Crippen molar-refractivity contribution in [2.75, 3.05) is 19.6 Å². The van der Waals surface area contributed by atoms with Crippen molar-refractivity contribution in [1.29, 1.82) is 0 Å². The normalized spacial score (nSPS) is 17.6. The zero-order chi connectivity index (χ0) is 19.2. The average molecular weight is 517 g/mol. The molecule has 0 radical (unpaired) electrons. The predicted molar refractivity (Wildman–Crippen MR) is 126 cm³/mol. The molecule has 2 N–H and O–H groups in total. The number of guanidine groups is 1. The van der Waals surface area contributed by atoms with Gasteiger partial charge in [0.1, 0.15) is 12.4 Å². The summed E-state index contributed by atoms with van der Waals surface area (Å²) >= 11 is 1.82. The molecular formula is C19H32IN7S. The fourth-order valence-corrected chi connectivity index (χ4v) is 4.25. The van der Waals surface area contributed by atoms with E-state index in [0.29, 0.717) is 12.6 Å². The summed E-state index contributed by atoms with van der Waals surface area (Å²) < 4.78 is 1.99. The highest BCUT2D eigenvalue weighted by Gasteiger charge is 2.22. The van der Waals surface area contributed by atoms with Gasteiger partial charge in [-0.2, -0.15) is 0 Å². The highest BCUT2D eigenvalue weighted by atomic mass is 127. The van der Waals surface area contributed by atoms with E-state index in [1.807, 2.05) is 29.9 Å². The molecule has 0 bridgehead atoms. The summed E-state index contributed by atoms with van der Waals surface area (Å²) in [7, 11) is 1.98. The molecule has 3 rings (SSSR count). The van der Waals surface area contributed by atoms with Crippen molar-refractivity contribution in [1.82, 2.24) is 30.3 Å². The van der Waals surface area contributed by atoms with Crippen LogP contribution in [0.25, 0.3) is 0 Å². The van der Waals surface area contributed by atoms with Crippen molar-refractivity contribution in [2.24, 2.45) is 12.0 Å². The maximum Gasteiger partial charge on any atom is 0.192 e. The van der Waals surface area contributed by atoms with Crippen LogP contribution in [0.4, 0.5) is 0 Å². The number of hydrogen-bond donors (Lipinski definition) is 2. The van der Waals surface area contributed by atoms with Crippen LogP contribution in [-0.2, 0) is 20.1 Å². The van der Waals surface area contributed by atoms with E-state index in [9.17, 15) is 0 Å². The lowest BCUT2D eigenvalue weighted by Crippen LogP contribution is -2.44. The van der Waals surface area contributed by atoms with Crippen molar-refractivity contribution >= 4 is 41.3 Å². The van der Waals surface area contributed by atoms with E-state index in [4.69, 9.17) is 4.99 Å². The molecule has 0 spiro atoms. The minimum Gasteiger partial charge on any atom is -0.355 e. The van der Waals surface area contributed by atoms with Crippen LogP contribution in [0.2, 0.25) is 0 Å². The van der Waals surface area contributed by atoms with Crippen LogP contribution in [0.15, 0.2) is 17.1 Å². The molecule has 2 aromatic rings. The summed E-state index contributed by atoms with van der Waals surface area (Å²) in [6, 6.07) is 4.92. The molecule has 0 aromatic carbocycles. The monoisotopic (exact) mass is 517 g/mol. The largest absolute Gasteiger partial charge is 0.355 e. The van der Waals surface area contributed by atoms with Gasteiger partial charge in [0, 0.05) is 29.4 Å². The molecule has 0 aliphatic carbocycles. The first kappa shape index (κ1) is 23.1. The van der Waals surface area contributed by atoms with Gasteiger partial charge in [-0.05, 0) is 51.9 Å². The number of hydrogen-bond acceptors (Lipinski definition) is 5. The Morgan fingerprint density at radius 3 is 2.75 bits per heavy atom. The highest BCUT2D eigenvalue weighted by molar-refractivity contribution is 14.0. The molecule has 1 aliphatic rings. The first-order valence-corrected chi connectivity index (χ1v) is 10.5. The SMILES string of the molecule is CCN1CCCC1CNC(=NCc1nnc(C)n1C)NCc1ccc(C)s1.I. The standard InChI is InChI=1S/C19H31N7S.HI/c1-5-26-10-6-7-16(26)11-20-19(21-12-17-9-8-14(2)27-17)22-13-18-24-23-15(3)25(18)4;/h8-9,16H,5-7,10-13H2,1-4H3,(H2,20,21,22);1H. The maximum absolute atomic E-state index is 4.76. The maximum atomic E-state index is 4.76. The lowest BCUT2D eigenvalue weighted by atomic mass is 10.2. The summed E-state index contributed by atoms with van der Waals surface area (Å²) in [4.78, 5) is 9.94. The molecule has 1 saturated heterocycles. The van der Waals surface area contributed by atoms with E-state index in [0.717, 1.165) is 37.2 Å². The quantitative estimate of drug-likeness (QED) is 0.336. The number of rotatable bonds is 7. The number of nitrogens with one attached hydrogen (secondary N) is 2. The Morgan fingerprint density at radius 2 is 2.11 bits per heavy atom. The smallest absolute Gasteiger partial charge is 0.192 e. The van der Waals surface area contributed by atoms with Crippen LogP contribution in [0.5, 0.6) is 0 Å². The number of aliphatic imine (C=N–C) groups is 1. The first-order chi connectivity index (χ1) is 13.1. The van der Waals surface area contributed by atoms with Crippen molar-refractivity contribution in [3.63, 3.8) is 0 Å². The minimum atomic E-state index is 0. The molecular weight excluding hydrogens is 485 g/mol. The van der Waals surface area contributed by atoms with Gasteiger partial charge in [-0.3, -0.25) is 4.90 Å². The first-order valence-electron chi connectivity index (χ1n) is 9.73. The van der Waals surface area contributed by atoms with Crippen LogP contribution in [-0.4, -0.2) is 51.3 Å². The number of likely N-dealkylation sites (N-methyl/N-ethyl adjacent to an activating group) is 1. The van der Waals surface area contributed by atoms with Gasteiger partial charge < -0.3 is 15.2 Å². The fraction of sp³-hybridized carbons (Fsp3) is 0.632. The van der Waals surface area contributed by atoms with Crippen molar-refractivity contribution in [3.05, 3.63) is 33.5 Å². The van der Waals surface area contributed by atoms with E-state index in [2.05, 4.69) is 51.7 Å². The predicted octanol–water partition coefficient (Wildman–Crippen LogP) is 2.83. The lowest BCUT2D eigenvalue weighted by molar-refractivity contribution is 0.267. The number of nitrogens with zero attached hydrogens (tertiary/aromatic N) is 5. The number of aryl methyl sites for hydroxylation is 2. The summed E-state index contributed by atoms with van der Waals surface area (Å²) in [5.41, 5.74) is 0. The third-order valence-electron chi connectivity index (χ3n) is 5.20. The van der Waals surface area contributed by atoms with E-state index in [-0.39, 0.29) is 24.0 Å². The van der Waals surface area contributed by atoms with Gasteiger partial charge in [-0.15, -0.1) is 45.5 Å². The van der Waals surface area contributed by atoms with Crippen LogP contribution in [0.1, 0.15) is 41.2 Å². The third kappa shape index (κ3) is 6.15. The Balaban J connectivity index is 0.00000280. The second-order valence-electron chi connectivity index (χ2n) is 7.06. The number of thiophene rings is 1. The Kier molecular flexibility index (Phi) is 9.16. The molecule has 1 fully saturated rings. The molecule has 2 aromatic heterocycles. The zero-order valence-corrected chi connectivity index (χ0v) is 20.4. The summed E-state index contributed by atoms with van der Waals surface area (Å²) in [5, 5.41) is 15.4. The molecule has 3 heterocycles.